The number of benzene rings is 2. The molecule has 3 rings (SSSR count). The van der Waals surface area contributed by atoms with E-state index >= 15 is 0 Å². The van der Waals surface area contributed by atoms with Crippen LogP contribution in [0.25, 0.3) is 0 Å². The molecule has 2 aromatic carbocycles. The average Bonchev–Trinajstić information content (AvgIpc) is 3.45. The van der Waals surface area contributed by atoms with Gasteiger partial charge in [0.1, 0.15) is 5.75 Å². The number of nitrogens with one attached hydrogen (secondary N) is 1. The molecule has 1 N–H and O–H groups in total. The van der Waals surface area contributed by atoms with Crippen LogP contribution in [0.1, 0.15) is 39.1 Å². The fourth-order valence-corrected chi connectivity index (χ4v) is 2.65. The fourth-order valence-electron chi connectivity index (χ4n) is 2.65. The van der Waals surface area contributed by atoms with E-state index in [1.165, 1.54) is 23.1 Å². The number of amides is 2. The molecule has 1 saturated carbocycles. The number of rotatable bonds is 7. The third kappa shape index (κ3) is 5.03. The van der Waals surface area contributed by atoms with Gasteiger partial charge in [-0.3, -0.25) is 9.59 Å². The topological polar surface area (TPSA) is 58.6 Å². The lowest BCUT2D eigenvalue weighted by Crippen LogP contribution is -2.27. The largest absolute Gasteiger partial charge is 0.434 e. The van der Waals surface area contributed by atoms with Crippen molar-refractivity contribution < 1.29 is 23.1 Å². The van der Waals surface area contributed by atoms with Gasteiger partial charge in [0.25, 0.3) is 11.8 Å². The quantitative estimate of drug-likeness (QED) is 0.808. The number of carbonyl (C=O) groups is 2. The van der Waals surface area contributed by atoms with E-state index in [1.54, 1.807) is 37.4 Å². The molecular weight excluding hydrogens is 354 g/mol. The van der Waals surface area contributed by atoms with Gasteiger partial charge >= 0.3 is 6.61 Å². The van der Waals surface area contributed by atoms with Crippen LogP contribution in [0.5, 0.6) is 5.75 Å². The molecule has 1 fully saturated rings. The van der Waals surface area contributed by atoms with Crippen LogP contribution in [-0.4, -0.2) is 36.4 Å². The first-order chi connectivity index (χ1) is 12.9. The number of hydrogen-bond donors (Lipinski definition) is 1. The molecule has 7 heteroatoms. The minimum absolute atomic E-state index is 0.0701. The van der Waals surface area contributed by atoms with Crippen molar-refractivity contribution in [3.05, 3.63) is 65.2 Å². The normalized spacial score (nSPS) is 13.3. The average molecular weight is 374 g/mol. The molecule has 2 amide bonds. The Morgan fingerprint density at radius 2 is 1.81 bits per heavy atom. The second-order valence-electron chi connectivity index (χ2n) is 6.48. The van der Waals surface area contributed by atoms with E-state index < -0.39 is 12.5 Å². The van der Waals surface area contributed by atoms with Crippen molar-refractivity contribution >= 4 is 11.8 Å². The summed E-state index contributed by atoms with van der Waals surface area (Å²) in [5.41, 5.74) is 1.46. The molecule has 0 bridgehead atoms. The summed E-state index contributed by atoms with van der Waals surface area (Å²) in [4.78, 5) is 26.0. The first-order valence-electron chi connectivity index (χ1n) is 8.63. The van der Waals surface area contributed by atoms with Gasteiger partial charge in [0.15, 0.2) is 0 Å². The Balaban J connectivity index is 1.65. The monoisotopic (exact) mass is 374 g/mol. The second-order valence-corrected chi connectivity index (χ2v) is 6.48. The SMILES string of the molecule is CN(Cc1ccc(C(=O)NC2CC2)cc1)C(=O)c1ccccc1OC(F)F. The highest BCUT2D eigenvalue weighted by molar-refractivity contribution is 5.97. The molecule has 0 saturated heterocycles. The number of ether oxygens (including phenoxy) is 1. The van der Waals surface area contributed by atoms with Crippen LogP contribution in [-0.2, 0) is 6.54 Å². The molecule has 1 aliphatic carbocycles. The van der Waals surface area contributed by atoms with Crippen LogP contribution in [0.4, 0.5) is 8.78 Å². The van der Waals surface area contributed by atoms with E-state index in [2.05, 4.69) is 10.1 Å². The first-order valence-corrected chi connectivity index (χ1v) is 8.63. The third-order valence-electron chi connectivity index (χ3n) is 4.23. The van der Waals surface area contributed by atoms with Crippen molar-refractivity contribution in [2.75, 3.05) is 7.05 Å². The van der Waals surface area contributed by atoms with E-state index in [9.17, 15) is 18.4 Å². The van der Waals surface area contributed by atoms with E-state index in [0.29, 0.717) is 5.56 Å². The summed E-state index contributed by atoms with van der Waals surface area (Å²) in [5.74, 6) is -0.690. The number of halogens is 2. The van der Waals surface area contributed by atoms with Crippen molar-refractivity contribution in [3.8, 4) is 5.75 Å². The van der Waals surface area contributed by atoms with Gasteiger partial charge in [-0.15, -0.1) is 0 Å². The molecule has 1 aliphatic rings. The lowest BCUT2D eigenvalue weighted by molar-refractivity contribution is -0.0502. The number of hydrogen-bond acceptors (Lipinski definition) is 3. The number of para-hydroxylation sites is 1. The highest BCUT2D eigenvalue weighted by Crippen LogP contribution is 2.22. The van der Waals surface area contributed by atoms with Gasteiger partial charge in [-0.2, -0.15) is 8.78 Å². The van der Waals surface area contributed by atoms with Crippen LogP contribution in [0, 0.1) is 0 Å². The van der Waals surface area contributed by atoms with Crippen molar-refractivity contribution in [2.24, 2.45) is 0 Å². The standard InChI is InChI=1S/C20H20F2N2O3/c1-24(19(26)16-4-2-3-5-17(16)27-20(21)22)12-13-6-8-14(9-7-13)18(25)23-15-10-11-15/h2-9,15,20H,10-12H2,1H3,(H,23,25). The second kappa shape index (κ2) is 8.16. The fraction of sp³-hybridized carbons (Fsp3) is 0.300. The Morgan fingerprint density at radius 1 is 1.15 bits per heavy atom. The summed E-state index contributed by atoms with van der Waals surface area (Å²) in [6.45, 7) is -2.73. The van der Waals surface area contributed by atoms with Gasteiger partial charge < -0.3 is 15.0 Å². The van der Waals surface area contributed by atoms with Gasteiger partial charge in [0.2, 0.25) is 0 Å². The van der Waals surface area contributed by atoms with E-state index in [1.807, 2.05) is 0 Å². The summed E-state index contributed by atoms with van der Waals surface area (Å²) in [5, 5.41) is 2.91. The van der Waals surface area contributed by atoms with Crippen LogP contribution in [0.2, 0.25) is 0 Å². The van der Waals surface area contributed by atoms with Crippen LogP contribution >= 0.6 is 0 Å². The smallest absolute Gasteiger partial charge is 0.387 e. The maximum Gasteiger partial charge on any atom is 0.387 e. The minimum Gasteiger partial charge on any atom is -0.434 e. The summed E-state index contributed by atoms with van der Waals surface area (Å²) in [7, 11) is 1.58. The van der Waals surface area contributed by atoms with Gasteiger partial charge in [-0.1, -0.05) is 24.3 Å². The molecule has 0 heterocycles. The zero-order valence-corrected chi connectivity index (χ0v) is 14.8. The zero-order chi connectivity index (χ0) is 19.4. The van der Waals surface area contributed by atoms with Gasteiger partial charge in [-0.05, 0) is 42.7 Å². The molecular formula is C20H20F2N2O3. The van der Waals surface area contributed by atoms with Crippen molar-refractivity contribution in [2.45, 2.75) is 32.0 Å². The maximum atomic E-state index is 12.6. The van der Waals surface area contributed by atoms with Crippen molar-refractivity contribution in [1.29, 1.82) is 0 Å². The Hall–Kier alpha value is -2.96. The predicted molar refractivity (Wildman–Crippen MR) is 95.8 cm³/mol. The van der Waals surface area contributed by atoms with E-state index in [4.69, 9.17) is 0 Å². The number of alkyl halides is 2. The molecule has 0 aliphatic heterocycles. The third-order valence-corrected chi connectivity index (χ3v) is 4.23. The summed E-state index contributed by atoms with van der Waals surface area (Å²) >= 11 is 0. The van der Waals surface area contributed by atoms with Gasteiger partial charge in [0, 0.05) is 25.2 Å². The Bertz CT molecular complexity index is 820. The lowest BCUT2D eigenvalue weighted by atomic mass is 10.1. The van der Waals surface area contributed by atoms with Crippen LogP contribution in [0.15, 0.2) is 48.5 Å². The van der Waals surface area contributed by atoms with Gasteiger partial charge in [-0.25, -0.2) is 0 Å². The molecule has 0 aromatic heterocycles. The van der Waals surface area contributed by atoms with Gasteiger partial charge in [0.05, 0.1) is 5.56 Å². The molecule has 0 unspecified atom stereocenters. The summed E-state index contributed by atoms with van der Waals surface area (Å²) in [6, 6.07) is 13.1. The molecule has 142 valence electrons. The van der Waals surface area contributed by atoms with E-state index in [-0.39, 0.29) is 29.8 Å². The Morgan fingerprint density at radius 3 is 2.44 bits per heavy atom. The molecule has 5 nitrogen and oxygen atoms in total. The maximum absolute atomic E-state index is 12.6. The van der Waals surface area contributed by atoms with Crippen molar-refractivity contribution in [3.63, 3.8) is 0 Å². The molecule has 27 heavy (non-hydrogen) atoms. The molecule has 2 aromatic rings. The number of carbonyl (C=O) groups excluding carboxylic acids is 2. The van der Waals surface area contributed by atoms with Crippen LogP contribution in [0.3, 0.4) is 0 Å². The predicted octanol–water partition coefficient (Wildman–Crippen LogP) is 3.45. The lowest BCUT2D eigenvalue weighted by Gasteiger charge is -2.19. The molecule has 0 atom stereocenters. The Kier molecular flexibility index (Phi) is 5.69. The number of nitrogens with zero attached hydrogens (tertiary/aromatic N) is 1. The zero-order valence-electron chi connectivity index (χ0n) is 14.8. The minimum atomic E-state index is -3.00. The van der Waals surface area contributed by atoms with Crippen LogP contribution < -0.4 is 10.1 Å². The summed E-state index contributed by atoms with van der Waals surface area (Å²) < 4.78 is 29.5. The Labute approximate surface area is 155 Å². The van der Waals surface area contributed by atoms with Crippen molar-refractivity contribution in [1.82, 2.24) is 10.2 Å². The highest BCUT2D eigenvalue weighted by atomic mass is 19.3. The highest BCUT2D eigenvalue weighted by Gasteiger charge is 2.24. The summed E-state index contributed by atoms with van der Waals surface area (Å²) in [6.07, 6.45) is 2.04. The molecule has 0 spiro atoms. The molecule has 0 radical (unpaired) electrons. The van der Waals surface area contributed by atoms with E-state index in [0.717, 1.165) is 18.4 Å². The first kappa shape index (κ1) is 18.8.